The SMILES string of the molecule is CC1(C)c2ccccc2-c2ccc(N(c3cc(-c4cccc5c4oc4ccccc45)c4oc5ccc6oc7ccccc7c6c5c4c3)c3ccccc3-c3ccccc3)cc21. The first-order valence-electron chi connectivity index (χ1n) is 20.9. The predicted octanol–water partition coefficient (Wildman–Crippen LogP) is 16.5. The minimum Gasteiger partial charge on any atom is -0.456 e. The van der Waals surface area contributed by atoms with Gasteiger partial charge in [0.2, 0.25) is 0 Å². The number of furan rings is 3. The third-order valence-electron chi connectivity index (χ3n) is 13.1. The van der Waals surface area contributed by atoms with Crippen LogP contribution in [0.15, 0.2) is 201 Å². The molecule has 3 aromatic heterocycles. The maximum Gasteiger partial charge on any atom is 0.143 e. The van der Waals surface area contributed by atoms with Crippen molar-refractivity contribution in [1.82, 2.24) is 0 Å². The normalized spacial score (nSPS) is 13.2. The zero-order chi connectivity index (χ0) is 40.4. The topological polar surface area (TPSA) is 42.7 Å². The third-order valence-corrected chi connectivity index (χ3v) is 13.1. The standard InChI is InChI=1S/C57H37NO3/c1-57(2)46-23-10-6-18-38(46)39-28-27-35(33-47(39)57)58(48-24-11-7-17-37(48)34-15-4-3-5-16-34)36-31-44(42-22-14-21-41-40-19-8-12-25-49(40)60-55(41)42)56-45(32-36)54-52(61-56)30-29-51-53(54)43-20-9-13-26-50(43)59-51/h3-33H,1-2H3. The van der Waals surface area contributed by atoms with Crippen LogP contribution in [-0.2, 0) is 5.41 Å². The number of para-hydroxylation sites is 4. The molecule has 1 aliphatic carbocycles. The van der Waals surface area contributed by atoms with Gasteiger partial charge in [-0.2, -0.15) is 0 Å². The first kappa shape index (κ1) is 34.1. The van der Waals surface area contributed by atoms with E-state index in [0.29, 0.717) is 0 Å². The average molecular weight is 784 g/mol. The van der Waals surface area contributed by atoms with E-state index in [1.165, 1.54) is 22.3 Å². The van der Waals surface area contributed by atoms with Crippen LogP contribution in [0, 0.1) is 0 Å². The molecule has 0 atom stereocenters. The smallest absolute Gasteiger partial charge is 0.143 e. The molecule has 0 N–H and O–H groups in total. The molecule has 0 unspecified atom stereocenters. The fourth-order valence-electron chi connectivity index (χ4n) is 10.2. The van der Waals surface area contributed by atoms with Gasteiger partial charge < -0.3 is 18.2 Å². The van der Waals surface area contributed by atoms with Crippen molar-refractivity contribution in [2.45, 2.75) is 19.3 Å². The Morgan fingerprint density at radius 3 is 1.82 bits per heavy atom. The summed E-state index contributed by atoms with van der Waals surface area (Å²) in [5.41, 5.74) is 17.3. The number of fused-ring (bicyclic) bond motifs is 13. The number of hydrogen-bond donors (Lipinski definition) is 0. The van der Waals surface area contributed by atoms with Gasteiger partial charge in [-0.25, -0.2) is 0 Å². The minimum absolute atomic E-state index is 0.187. The van der Waals surface area contributed by atoms with Gasteiger partial charge in [0, 0.05) is 65.8 Å². The Morgan fingerprint density at radius 1 is 0.361 bits per heavy atom. The summed E-state index contributed by atoms with van der Waals surface area (Å²) in [6, 6.07) is 67.0. The minimum atomic E-state index is -0.187. The molecule has 12 aromatic rings. The number of benzene rings is 9. The van der Waals surface area contributed by atoms with Crippen molar-refractivity contribution in [2.24, 2.45) is 0 Å². The molecule has 0 bridgehead atoms. The molecule has 9 aromatic carbocycles. The van der Waals surface area contributed by atoms with E-state index in [4.69, 9.17) is 13.3 Å². The van der Waals surface area contributed by atoms with Gasteiger partial charge in [0.05, 0.1) is 5.69 Å². The van der Waals surface area contributed by atoms with Crippen molar-refractivity contribution >= 4 is 82.9 Å². The molecule has 0 fully saturated rings. The highest BCUT2D eigenvalue weighted by Gasteiger charge is 2.36. The van der Waals surface area contributed by atoms with Crippen molar-refractivity contribution in [3.8, 4) is 33.4 Å². The molecule has 288 valence electrons. The second kappa shape index (κ2) is 12.6. The fourth-order valence-corrected chi connectivity index (χ4v) is 10.2. The van der Waals surface area contributed by atoms with Crippen LogP contribution >= 0.6 is 0 Å². The molecule has 0 amide bonds. The third kappa shape index (κ3) is 4.87. The van der Waals surface area contributed by atoms with E-state index in [9.17, 15) is 0 Å². The molecule has 61 heavy (non-hydrogen) atoms. The van der Waals surface area contributed by atoms with E-state index >= 15 is 0 Å². The van der Waals surface area contributed by atoms with Crippen molar-refractivity contribution in [3.63, 3.8) is 0 Å². The number of nitrogens with zero attached hydrogens (tertiary/aromatic N) is 1. The average Bonchev–Trinajstić information content (AvgIpc) is 4.05. The van der Waals surface area contributed by atoms with Crippen LogP contribution in [-0.4, -0.2) is 0 Å². The molecule has 4 heteroatoms. The molecule has 0 radical (unpaired) electrons. The van der Waals surface area contributed by atoms with E-state index in [2.05, 4.69) is 170 Å². The summed E-state index contributed by atoms with van der Waals surface area (Å²) in [5, 5.41) is 6.29. The molecule has 0 saturated heterocycles. The van der Waals surface area contributed by atoms with Crippen LogP contribution in [0.25, 0.3) is 99.2 Å². The Balaban J connectivity index is 1.17. The summed E-state index contributed by atoms with van der Waals surface area (Å²) in [5.74, 6) is 0. The monoisotopic (exact) mass is 783 g/mol. The van der Waals surface area contributed by atoms with Gasteiger partial charge in [-0.3, -0.25) is 0 Å². The Kier molecular flexibility index (Phi) is 7.04. The number of rotatable bonds is 5. The molecule has 1 aliphatic rings. The van der Waals surface area contributed by atoms with E-state index in [1.54, 1.807) is 0 Å². The molecule has 0 aliphatic heterocycles. The van der Waals surface area contributed by atoms with E-state index in [0.717, 1.165) is 105 Å². The van der Waals surface area contributed by atoms with Gasteiger partial charge in [-0.05, 0) is 82.4 Å². The molecule has 0 saturated carbocycles. The van der Waals surface area contributed by atoms with Crippen LogP contribution in [0.3, 0.4) is 0 Å². The molecule has 13 rings (SSSR count). The maximum absolute atomic E-state index is 7.05. The molecule has 4 nitrogen and oxygen atoms in total. The molecule has 3 heterocycles. The lowest BCUT2D eigenvalue weighted by molar-refractivity contribution is 0.660. The summed E-state index contributed by atoms with van der Waals surface area (Å²) in [6.07, 6.45) is 0. The van der Waals surface area contributed by atoms with Crippen LogP contribution in [0.1, 0.15) is 25.0 Å². The maximum atomic E-state index is 7.05. The Bertz CT molecular complexity index is 3750. The lowest BCUT2D eigenvalue weighted by Gasteiger charge is -2.30. The van der Waals surface area contributed by atoms with E-state index in [-0.39, 0.29) is 5.41 Å². The van der Waals surface area contributed by atoms with Gasteiger partial charge in [0.15, 0.2) is 0 Å². The van der Waals surface area contributed by atoms with Crippen LogP contribution in [0.2, 0.25) is 0 Å². The van der Waals surface area contributed by atoms with Gasteiger partial charge in [0.25, 0.3) is 0 Å². The summed E-state index contributed by atoms with van der Waals surface area (Å²) in [4.78, 5) is 2.44. The van der Waals surface area contributed by atoms with E-state index in [1.807, 2.05) is 36.4 Å². The summed E-state index contributed by atoms with van der Waals surface area (Å²) >= 11 is 0. The van der Waals surface area contributed by atoms with Gasteiger partial charge >= 0.3 is 0 Å². The second-order valence-electron chi connectivity index (χ2n) is 16.8. The zero-order valence-electron chi connectivity index (χ0n) is 33.6. The van der Waals surface area contributed by atoms with Gasteiger partial charge in [-0.1, -0.05) is 147 Å². The van der Waals surface area contributed by atoms with Crippen molar-refractivity contribution in [2.75, 3.05) is 4.90 Å². The first-order chi connectivity index (χ1) is 30.0. The largest absolute Gasteiger partial charge is 0.456 e. The fraction of sp³-hybridized carbons (Fsp3) is 0.0526. The van der Waals surface area contributed by atoms with Gasteiger partial charge in [0.1, 0.15) is 33.5 Å². The summed E-state index contributed by atoms with van der Waals surface area (Å²) in [7, 11) is 0. The first-order valence-corrected chi connectivity index (χ1v) is 20.9. The predicted molar refractivity (Wildman–Crippen MR) is 251 cm³/mol. The van der Waals surface area contributed by atoms with Gasteiger partial charge in [-0.15, -0.1) is 0 Å². The van der Waals surface area contributed by atoms with Crippen molar-refractivity contribution in [3.05, 3.63) is 199 Å². The molecular formula is C57H37NO3. The van der Waals surface area contributed by atoms with Crippen LogP contribution in [0.4, 0.5) is 17.1 Å². The Morgan fingerprint density at radius 2 is 0.967 bits per heavy atom. The molecular weight excluding hydrogens is 747 g/mol. The highest BCUT2D eigenvalue weighted by Crippen LogP contribution is 2.53. The Labute approximate surface area is 351 Å². The van der Waals surface area contributed by atoms with E-state index < -0.39 is 0 Å². The highest BCUT2D eigenvalue weighted by atomic mass is 16.3. The zero-order valence-corrected chi connectivity index (χ0v) is 33.6. The highest BCUT2D eigenvalue weighted by molar-refractivity contribution is 6.28. The summed E-state index contributed by atoms with van der Waals surface area (Å²) in [6.45, 7) is 4.69. The van der Waals surface area contributed by atoms with Crippen molar-refractivity contribution in [1.29, 1.82) is 0 Å². The molecule has 0 spiro atoms. The van der Waals surface area contributed by atoms with Crippen LogP contribution in [0.5, 0.6) is 0 Å². The summed E-state index contributed by atoms with van der Waals surface area (Å²) < 4.78 is 20.3. The number of anilines is 3. The van der Waals surface area contributed by atoms with Crippen LogP contribution < -0.4 is 4.90 Å². The quantitative estimate of drug-likeness (QED) is 0.174. The van der Waals surface area contributed by atoms with Crippen molar-refractivity contribution < 1.29 is 13.3 Å². The second-order valence-corrected chi connectivity index (χ2v) is 16.8. The Hall–Kier alpha value is -7.82. The lowest BCUT2D eigenvalue weighted by Crippen LogP contribution is -2.17. The number of hydrogen-bond acceptors (Lipinski definition) is 4. The lowest BCUT2D eigenvalue weighted by atomic mass is 9.82.